The Morgan fingerprint density at radius 1 is 1.30 bits per heavy atom. The van der Waals surface area contributed by atoms with E-state index in [1.165, 1.54) is 6.07 Å². The molecule has 1 aliphatic rings. The van der Waals surface area contributed by atoms with Crippen LogP contribution in [0.3, 0.4) is 0 Å². The van der Waals surface area contributed by atoms with E-state index in [9.17, 15) is 18.0 Å². The Balaban J connectivity index is 1.72. The lowest BCUT2D eigenvalue weighted by Crippen LogP contribution is -2.38. The average molecular weight is 387 g/mol. The summed E-state index contributed by atoms with van der Waals surface area (Å²) in [4.78, 5) is 19.0. The highest BCUT2D eigenvalue weighted by molar-refractivity contribution is 5.76. The zero-order valence-corrected chi connectivity index (χ0v) is 14.9. The molecule has 1 heterocycles. The van der Waals surface area contributed by atoms with Crippen molar-refractivity contribution >= 4 is 5.91 Å². The predicted molar refractivity (Wildman–Crippen MR) is 93.2 cm³/mol. The van der Waals surface area contributed by atoms with Gasteiger partial charge in [-0.1, -0.05) is 12.1 Å². The quantitative estimate of drug-likeness (QED) is 0.445. The van der Waals surface area contributed by atoms with E-state index >= 15 is 0 Å². The molecule has 9 heteroatoms. The molecule has 0 bridgehead atoms. The van der Waals surface area contributed by atoms with Crippen LogP contribution in [0.15, 0.2) is 36.0 Å². The summed E-state index contributed by atoms with van der Waals surface area (Å²) >= 11 is 0. The average Bonchev–Trinajstić information content (AvgIpc) is 2.65. The minimum atomic E-state index is -4.38. The van der Waals surface area contributed by atoms with Gasteiger partial charge in [0.05, 0.1) is 18.8 Å². The molecule has 0 fully saturated rings. The fourth-order valence-electron chi connectivity index (χ4n) is 2.60. The molecule has 1 amide bonds. The third-order valence-electron chi connectivity index (χ3n) is 4.06. The maximum atomic E-state index is 12.7. The normalized spacial score (nSPS) is 14.8. The standard InChI is InChI=1S/C18H24F3N3O3/c19-18(20,21)15-3-1-2-14(12-15)13-27-23-16-5-9-24(10-6-16)17(26)4-7-22-8-11-25/h1-3,5,12,22-23,25H,4,6-11,13H2. The summed E-state index contributed by atoms with van der Waals surface area (Å²) in [7, 11) is 0. The van der Waals surface area contributed by atoms with Gasteiger partial charge in [-0.2, -0.15) is 13.2 Å². The van der Waals surface area contributed by atoms with Crippen LogP contribution in [0.25, 0.3) is 0 Å². The van der Waals surface area contributed by atoms with Crippen molar-refractivity contribution in [2.45, 2.75) is 25.6 Å². The Labute approximate surface area is 155 Å². The van der Waals surface area contributed by atoms with Crippen molar-refractivity contribution in [2.75, 3.05) is 32.8 Å². The SMILES string of the molecule is O=C(CCNCCO)N1CC=C(NOCc2cccc(C(F)(F)F)c2)CC1. The highest BCUT2D eigenvalue weighted by Crippen LogP contribution is 2.29. The van der Waals surface area contributed by atoms with E-state index in [-0.39, 0.29) is 19.1 Å². The molecule has 3 N–H and O–H groups in total. The van der Waals surface area contributed by atoms with Crippen LogP contribution in [0.5, 0.6) is 0 Å². The van der Waals surface area contributed by atoms with Gasteiger partial charge in [-0.05, 0) is 23.8 Å². The Hall–Kier alpha value is -2.10. The zero-order chi connectivity index (χ0) is 19.7. The second kappa shape index (κ2) is 10.3. The Morgan fingerprint density at radius 3 is 2.78 bits per heavy atom. The molecule has 0 saturated heterocycles. The van der Waals surface area contributed by atoms with E-state index in [2.05, 4.69) is 10.8 Å². The number of amides is 1. The van der Waals surface area contributed by atoms with Crippen molar-refractivity contribution < 1.29 is 27.9 Å². The van der Waals surface area contributed by atoms with E-state index in [1.807, 2.05) is 6.08 Å². The van der Waals surface area contributed by atoms with Crippen LogP contribution in [0.4, 0.5) is 13.2 Å². The third-order valence-corrected chi connectivity index (χ3v) is 4.06. The highest BCUT2D eigenvalue weighted by Gasteiger charge is 2.30. The number of nitrogens with zero attached hydrogens (tertiary/aromatic N) is 1. The van der Waals surface area contributed by atoms with Gasteiger partial charge >= 0.3 is 6.18 Å². The number of alkyl halides is 3. The number of carbonyl (C=O) groups is 1. The first-order valence-corrected chi connectivity index (χ1v) is 8.72. The van der Waals surface area contributed by atoms with Gasteiger partial charge in [0.25, 0.3) is 0 Å². The first kappa shape index (κ1) is 21.2. The van der Waals surface area contributed by atoms with E-state index < -0.39 is 11.7 Å². The number of hydrogen-bond acceptors (Lipinski definition) is 5. The van der Waals surface area contributed by atoms with Gasteiger partial charge in [0.15, 0.2) is 0 Å². The molecule has 0 atom stereocenters. The monoisotopic (exact) mass is 387 g/mol. The van der Waals surface area contributed by atoms with Gasteiger partial charge < -0.3 is 15.3 Å². The summed E-state index contributed by atoms with van der Waals surface area (Å²) < 4.78 is 38.1. The van der Waals surface area contributed by atoms with Crippen LogP contribution >= 0.6 is 0 Å². The number of halogens is 3. The van der Waals surface area contributed by atoms with Crippen LogP contribution in [-0.2, 0) is 22.4 Å². The highest BCUT2D eigenvalue weighted by atomic mass is 19.4. The van der Waals surface area contributed by atoms with Crippen molar-refractivity contribution in [1.29, 1.82) is 0 Å². The Kier molecular flexibility index (Phi) is 8.08. The molecule has 1 aromatic carbocycles. The van der Waals surface area contributed by atoms with E-state index in [4.69, 9.17) is 9.94 Å². The number of nitrogens with one attached hydrogen (secondary N) is 2. The molecule has 1 aromatic rings. The number of carbonyl (C=O) groups excluding carboxylic acids is 1. The summed E-state index contributed by atoms with van der Waals surface area (Å²) in [6.07, 6.45) is -1.60. The number of hydrogen-bond donors (Lipinski definition) is 3. The minimum Gasteiger partial charge on any atom is -0.395 e. The molecule has 0 unspecified atom stereocenters. The molecular formula is C18H24F3N3O3. The van der Waals surface area contributed by atoms with E-state index in [1.54, 1.807) is 11.0 Å². The second-order valence-electron chi connectivity index (χ2n) is 6.13. The van der Waals surface area contributed by atoms with Gasteiger partial charge in [-0.3, -0.25) is 15.1 Å². The molecule has 0 spiro atoms. The summed E-state index contributed by atoms with van der Waals surface area (Å²) in [5.74, 6) is 0.0284. The van der Waals surface area contributed by atoms with Crippen LogP contribution in [0, 0.1) is 0 Å². The molecule has 0 aliphatic carbocycles. The van der Waals surface area contributed by atoms with Crippen molar-refractivity contribution in [2.24, 2.45) is 0 Å². The lowest BCUT2D eigenvalue weighted by atomic mass is 10.1. The zero-order valence-electron chi connectivity index (χ0n) is 14.9. The summed E-state index contributed by atoms with van der Waals surface area (Å²) in [6, 6.07) is 4.99. The van der Waals surface area contributed by atoms with Gasteiger partial charge in [-0.25, -0.2) is 0 Å². The molecule has 150 valence electrons. The first-order chi connectivity index (χ1) is 12.9. The van der Waals surface area contributed by atoms with Gasteiger partial charge in [0, 0.05) is 44.7 Å². The summed E-state index contributed by atoms with van der Waals surface area (Å²) in [5, 5.41) is 11.6. The Bertz CT molecular complexity index is 650. The van der Waals surface area contributed by atoms with Crippen molar-refractivity contribution in [3.8, 4) is 0 Å². The fourth-order valence-corrected chi connectivity index (χ4v) is 2.60. The molecule has 0 radical (unpaired) electrons. The molecule has 0 aromatic heterocycles. The second-order valence-corrected chi connectivity index (χ2v) is 6.13. The van der Waals surface area contributed by atoms with Crippen LogP contribution in [-0.4, -0.2) is 48.7 Å². The van der Waals surface area contributed by atoms with Crippen molar-refractivity contribution in [3.05, 3.63) is 47.2 Å². The smallest absolute Gasteiger partial charge is 0.395 e. The van der Waals surface area contributed by atoms with E-state index in [0.717, 1.165) is 17.8 Å². The number of aliphatic hydroxyl groups is 1. The predicted octanol–water partition coefficient (Wildman–Crippen LogP) is 1.81. The lowest BCUT2D eigenvalue weighted by Gasteiger charge is -2.27. The van der Waals surface area contributed by atoms with E-state index in [0.29, 0.717) is 44.6 Å². The number of rotatable bonds is 9. The molecule has 1 aliphatic heterocycles. The number of benzene rings is 1. The molecular weight excluding hydrogens is 363 g/mol. The molecule has 2 rings (SSSR count). The maximum Gasteiger partial charge on any atom is 0.416 e. The summed E-state index contributed by atoms with van der Waals surface area (Å²) in [5.41, 5.74) is 3.26. The van der Waals surface area contributed by atoms with Crippen LogP contribution < -0.4 is 10.8 Å². The largest absolute Gasteiger partial charge is 0.416 e. The summed E-state index contributed by atoms with van der Waals surface area (Å²) in [6.45, 7) is 2.02. The molecule has 27 heavy (non-hydrogen) atoms. The third kappa shape index (κ3) is 7.20. The topological polar surface area (TPSA) is 73.8 Å². The number of hydroxylamine groups is 1. The maximum absolute atomic E-state index is 12.7. The van der Waals surface area contributed by atoms with Gasteiger partial charge in [-0.15, -0.1) is 0 Å². The van der Waals surface area contributed by atoms with Crippen molar-refractivity contribution in [3.63, 3.8) is 0 Å². The number of aliphatic hydroxyl groups excluding tert-OH is 1. The van der Waals surface area contributed by atoms with Crippen molar-refractivity contribution in [1.82, 2.24) is 15.7 Å². The van der Waals surface area contributed by atoms with Gasteiger partial charge in [0.1, 0.15) is 0 Å². The molecule has 6 nitrogen and oxygen atoms in total. The minimum absolute atomic E-state index is 0.000428. The van der Waals surface area contributed by atoms with Crippen LogP contribution in [0.1, 0.15) is 24.0 Å². The molecule has 0 saturated carbocycles. The first-order valence-electron chi connectivity index (χ1n) is 8.72. The van der Waals surface area contributed by atoms with Gasteiger partial charge in [0.2, 0.25) is 5.91 Å². The van der Waals surface area contributed by atoms with Crippen LogP contribution in [0.2, 0.25) is 0 Å². The fraction of sp³-hybridized carbons (Fsp3) is 0.500. The lowest BCUT2D eigenvalue weighted by molar-refractivity contribution is -0.137. The Morgan fingerprint density at radius 2 is 2.11 bits per heavy atom.